The summed E-state index contributed by atoms with van der Waals surface area (Å²) in [7, 11) is 0. The highest BCUT2D eigenvalue weighted by Crippen LogP contribution is 2.27. The van der Waals surface area contributed by atoms with Gasteiger partial charge in [-0.15, -0.1) is 0 Å². The van der Waals surface area contributed by atoms with E-state index in [4.69, 9.17) is 4.74 Å². The van der Waals surface area contributed by atoms with Gasteiger partial charge < -0.3 is 4.74 Å². The van der Waals surface area contributed by atoms with Crippen LogP contribution in [0.4, 0.5) is 0 Å². The van der Waals surface area contributed by atoms with E-state index < -0.39 is 0 Å². The van der Waals surface area contributed by atoms with Gasteiger partial charge in [-0.3, -0.25) is 0 Å². The van der Waals surface area contributed by atoms with Crippen LogP contribution < -0.4 is 0 Å². The molecule has 0 saturated heterocycles. The van der Waals surface area contributed by atoms with E-state index in [9.17, 15) is 0 Å². The number of hydrogen-bond acceptors (Lipinski definition) is 1. The predicted molar refractivity (Wildman–Crippen MR) is 89.5 cm³/mol. The third-order valence-electron chi connectivity index (χ3n) is 3.50. The Morgan fingerprint density at radius 1 is 0.619 bits per heavy atom. The van der Waals surface area contributed by atoms with Gasteiger partial charge in [-0.05, 0) is 38.8 Å². The first kappa shape index (κ1) is 15.8. The zero-order valence-corrected chi connectivity index (χ0v) is 13.6. The molecule has 0 unspecified atom stereocenters. The molecule has 0 fully saturated rings. The van der Waals surface area contributed by atoms with E-state index in [1.54, 1.807) is 0 Å². The first-order valence-corrected chi connectivity index (χ1v) is 7.64. The zero-order chi connectivity index (χ0) is 15.3. The fraction of sp³-hybridized carbons (Fsp3) is 0.400. The van der Waals surface area contributed by atoms with E-state index in [1.807, 2.05) is 0 Å². The largest absolute Gasteiger partial charge is 0.369 e. The normalized spacial score (nSPS) is 12.4. The molecule has 1 nitrogen and oxygen atoms in total. The molecule has 0 atom stereocenters. The average Bonchev–Trinajstić information content (AvgIpc) is 2.38. The molecule has 0 bridgehead atoms. The molecule has 0 aliphatic heterocycles. The summed E-state index contributed by atoms with van der Waals surface area (Å²) in [6, 6.07) is 21.1. The van der Waals surface area contributed by atoms with Crippen molar-refractivity contribution in [2.24, 2.45) is 0 Å². The van der Waals surface area contributed by atoms with Crippen LogP contribution in [0.5, 0.6) is 0 Å². The van der Waals surface area contributed by atoms with Gasteiger partial charge in [0.25, 0.3) is 0 Å². The molecular formula is C20H26O. The lowest BCUT2D eigenvalue weighted by Gasteiger charge is -2.36. The number of ether oxygens (including phenoxy) is 1. The molecule has 0 aliphatic rings. The summed E-state index contributed by atoms with van der Waals surface area (Å²) in [5, 5.41) is 0. The Morgan fingerprint density at radius 3 is 1.29 bits per heavy atom. The van der Waals surface area contributed by atoms with Gasteiger partial charge in [0.15, 0.2) is 0 Å². The van der Waals surface area contributed by atoms with Gasteiger partial charge in [0, 0.05) is 12.8 Å². The van der Waals surface area contributed by atoms with E-state index in [2.05, 4.69) is 88.4 Å². The molecule has 112 valence electrons. The summed E-state index contributed by atoms with van der Waals surface area (Å²) in [5.74, 6) is 0. The molecule has 2 aromatic rings. The molecule has 0 spiro atoms. The standard InChI is InChI=1S/C20H26O/c1-19(2,15-17-11-7-5-8-12-17)21-20(3,4)16-18-13-9-6-10-14-18/h5-14H,15-16H2,1-4H3. The molecule has 0 aromatic heterocycles. The van der Waals surface area contributed by atoms with Crippen molar-refractivity contribution >= 4 is 0 Å². The van der Waals surface area contributed by atoms with Crippen LogP contribution in [0.1, 0.15) is 38.8 Å². The van der Waals surface area contributed by atoms with Crippen molar-refractivity contribution in [1.29, 1.82) is 0 Å². The molecule has 0 amide bonds. The van der Waals surface area contributed by atoms with Crippen molar-refractivity contribution < 1.29 is 4.74 Å². The van der Waals surface area contributed by atoms with Crippen molar-refractivity contribution in [1.82, 2.24) is 0 Å². The third-order valence-corrected chi connectivity index (χ3v) is 3.50. The topological polar surface area (TPSA) is 9.23 Å². The molecule has 0 aliphatic carbocycles. The summed E-state index contributed by atoms with van der Waals surface area (Å²) in [4.78, 5) is 0. The van der Waals surface area contributed by atoms with E-state index in [-0.39, 0.29) is 11.2 Å². The van der Waals surface area contributed by atoms with Crippen LogP contribution in [0, 0.1) is 0 Å². The van der Waals surface area contributed by atoms with Gasteiger partial charge in [-0.2, -0.15) is 0 Å². The van der Waals surface area contributed by atoms with Crippen LogP contribution in [-0.2, 0) is 17.6 Å². The van der Waals surface area contributed by atoms with Gasteiger partial charge in [0.1, 0.15) is 0 Å². The Bertz CT molecular complexity index is 489. The van der Waals surface area contributed by atoms with Crippen molar-refractivity contribution in [2.45, 2.75) is 51.7 Å². The van der Waals surface area contributed by atoms with Gasteiger partial charge in [0.05, 0.1) is 11.2 Å². The fourth-order valence-electron chi connectivity index (χ4n) is 3.00. The van der Waals surface area contributed by atoms with Gasteiger partial charge in [-0.25, -0.2) is 0 Å². The molecule has 0 heterocycles. The van der Waals surface area contributed by atoms with E-state index in [1.165, 1.54) is 11.1 Å². The summed E-state index contributed by atoms with van der Waals surface area (Å²) < 4.78 is 6.43. The van der Waals surface area contributed by atoms with E-state index in [0.29, 0.717) is 0 Å². The molecule has 0 radical (unpaired) electrons. The molecular weight excluding hydrogens is 256 g/mol. The lowest BCUT2D eigenvalue weighted by Crippen LogP contribution is -2.40. The molecule has 2 aromatic carbocycles. The lowest BCUT2D eigenvalue weighted by molar-refractivity contribution is -0.121. The van der Waals surface area contributed by atoms with Crippen LogP contribution in [0.2, 0.25) is 0 Å². The van der Waals surface area contributed by atoms with Crippen LogP contribution >= 0.6 is 0 Å². The maximum Gasteiger partial charge on any atom is 0.0674 e. The first-order valence-electron chi connectivity index (χ1n) is 7.64. The molecule has 2 rings (SSSR count). The van der Waals surface area contributed by atoms with Crippen molar-refractivity contribution in [2.75, 3.05) is 0 Å². The molecule has 0 saturated carbocycles. The summed E-state index contributed by atoms with van der Waals surface area (Å²) >= 11 is 0. The third kappa shape index (κ3) is 5.35. The lowest BCUT2D eigenvalue weighted by atomic mass is 9.94. The second kappa shape index (κ2) is 6.44. The summed E-state index contributed by atoms with van der Waals surface area (Å²) in [6.07, 6.45) is 1.85. The quantitative estimate of drug-likeness (QED) is 0.720. The predicted octanol–water partition coefficient (Wildman–Crippen LogP) is 5.05. The first-order chi connectivity index (χ1) is 9.86. The Labute approximate surface area is 129 Å². The Balaban J connectivity index is 2.01. The Kier molecular flexibility index (Phi) is 4.84. The highest BCUT2D eigenvalue weighted by Gasteiger charge is 2.29. The second-order valence-electron chi connectivity index (χ2n) is 6.95. The van der Waals surface area contributed by atoms with E-state index >= 15 is 0 Å². The van der Waals surface area contributed by atoms with Crippen LogP contribution in [0.15, 0.2) is 60.7 Å². The number of benzene rings is 2. The van der Waals surface area contributed by atoms with Gasteiger partial charge in [0.2, 0.25) is 0 Å². The molecule has 0 N–H and O–H groups in total. The molecule has 1 heteroatoms. The average molecular weight is 282 g/mol. The summed E-state index contributed by atoms with van der Waals surface area (Å²) in [5.41, 5.74) is 2.27. The van der Waals surface area contributed by atoms with Crippen LogP contribution in [0.25, 0.3) is 0 Å². The van der Waals surface area contributed by atoms with E-state index in [0.717, 1.165) is 12.8 Å². The molecule has 21 heavy (non-hydrogen) atoms. The minimum absolute atomic E-state index is 0.181. The SMILES string of the molecule is CC(C)(Cc1ccccc1)OC(C)(C)Cc1ccccc1. The summed E-state index contributed by atoms with van der Waals surface area (Å²) in [6.45, 7) is 8.69. The van der Waals surface area contributed by atoms with Crippen molar-refractivity contribution in [3.8, 4) is 0 Å². The van der Waals surface area contributed by atoms with Gasteiger partial charge >= 0.3 is 0 Å². The minimum Gasteiger partial charge on any atom is -0.369 e. The van der Waals surface area contributed by atoms with Crippen molar-refractivity contribution in [3.63, 3.8) is 0 Å². The highest BCUT2D eigenvalue weighted by atomic mass is 16.5. The van der Waals surface area contributed by atoms with Crippen LogP contribution in [-0.4, -0.2) is 11.2 Å². The smallest absolute Gasteiger partial charge is 0.0674 e. The maximum absolute atomic E-state index is 6.43. The minimum atomic E-state index is -0.181. The maximum atomic E-state index is 6.43. The van der Waals surface area contributed by atoms with Gasteiger partial charge in [-0.1, -0.05) is 60.7 Å². The number of hydrogen-bond donors (Lipinski definition) is 0. The second-order valence-corrected chi connectivity index (χ2v) is 6.95. The monoisotopic (exact) mass is 282 g/mol. The highest BCUT2D eigenvalue weighted by molar-refractivity contribution is 5.18. The van der Waals surface area contributed by atoms with Crippen molar-refractivity contribution in [3.05, 3.63) is 71.8 Å². The number of rotatable bonds is 6. The fourth-order valence-corrected chi connectivity index (χ4v) is 3.00. The Morgan fingerprint density at radius 2 is 0.952 bits per heavy atom. The van der Waals surface area contributed by atoms with Crippen LogP contribution in [0.3, 0.4) is 0 Å². The zero-order valence-electron chi connectivity index (χ0n) is 13.6. The Hall–Kier alpha value is -1.60.